The zero-order valence-corrected chi connectivity index (χ0v) is 17.8. The van der Waals surface area contributed by atoms with Crippen molar-refractivity contribution in [1.29, 1.82) is 0 Å². The van der Waals surface area contributed by atoms with Gasteiger partial charge < -0.3 is 0 Å². The molecule has 0 radical (unpaired) electrons. The van der Waals surface area contributed by atoms with E-state index < -0.39 is 0 Å². The SMILES string of the molecule is O=C(CSC(=O)c1ccccc1)Nc1c[n+](N2CCN(Cc3ccccc3)CC2)no1. The molecule has 1 aliphatic heterocycles. The van der Waals surface area contributed by atoms with Crippen LogP contribution in [0.25, 0.3) is 0 Å². The molecular formula is C22H24N5O3S+. The van der Waals surface area contributed by atoms with Crippen molar-refractivity contribution in [2.75, 3.05) is 42.3 Å². The van der Waals surface area contributed by atoms with Crippen molar-refractivity contribution in [1.82, 2.24) is 10.2 Å². The average Bonchev–Trinajstić information content (AvgIpc) is 3.27. The van der Waals surface area contributed by atoms with Crippen molar-refractivity contribution in [2.24, 2.45) is 0 Å². The van der Waals surface area contributed by atoms with Crippen molar-refractivity contribution in [2.45, 2.75) is 6.54 Å². The lowest BCUT2D eigenvalue weighted by atomic mass is 10.2. The number of rotatable bonds is 7. The van der Waals surface area contributed by atoms with Crippen LogP contribution in [0.3, 0.4) is 0 Å². The molecule has 1 amide bonds. The van der Waals surface area contributed by atoms with E-state index in [1.807, 2.05) is 12.1 Å². The van der Waals surface area contributed by atoms with E-state index in [2.05, 4.69) is 44.8 Å². The predicted molar refractivity (Wildman–Crippen MR) is 118 cm³/mol. The van der Waals surface area contributed by atoms with Gasteiger partial charge >= 0.3 is 5.88 Å². The van der Waals surface area contributed by atoms with E-state index in [4.69, 9.17) is 4.52 Å². The maximum atomic E-state index is 12.1. The summed E-state index contributed by atoms with van der Waals surface area (Å²) in [7, 11) is 0. The lowest BCUT2D eigenvalue weighted by molar-refractivity contribution is -0.759. The summed E-state index contributed by atoms with van der Waals surface area (Å²) >= 11 is 0.957. The third-order valence-electron chi connectivity index (χ3n) is 4.95. The molecule has 0 bridgehead atoms. The van der Waals surface area contributed by atoms with Gasteiger partial charge in [-0.25, -0.2) is 0 Å². The van der Waals surface area contributed by atoms with Gasteiger partial charge in [0.1, 0.15) is 0 Å². The highest BCUT2D eigenvalue weighted by Gasteiger charge is 2.26. The van der Waals surface area contributed by atoms with E-state index in [0.29, 0.717) is 5.56 Å². The van der Waals surface area contributed by atoms with Crippen molar-refractivity contribution < 1.29 is 18.9 Å². The van der Waals surface area contributed by atoms with Gasteiger partial charge in [0.25, 0.3) is 6.20 Å². The molecule has 0 spiro atoms. The number of hydrogen-bond acceptors (Lipinski definition) is 7. The number of nitrogens with one attached hydrogen (secondary N) is 1. The number of anilines is 1. The predicted octanol–water partition coefficient (Wildman–Crippen LogP) is 1.93. The molecule has 0 saturated carbocycles. The summed E-state index contributed by atoms with van der Waals surface area (Å²) in [5, 5.41) is 8.58. The molecule has 160 valence electrons. The molecule has 3 aromatic rings. The fourth-order valence-electron chi connectivity index (χ4n) is 3.33. The molecule has 1 aromatic heterocycles. The topological polar surface area (TPSA) is 82.6 Å². The zero-order valence-electron chi connectivity index (χ0n) is 17.0. The van der Waals surface area contributed by atoms with Crippen LogP contribution in [0.15, 0.2) is 71.4 Å². The van der Waals surface area contributed by atoms with E-state index in [1.165, 1.54) is 5.56 Å². The number of nitrogens with zero attached hydrogens (tertiary/aromatic N) is 4. The first-order valence-corrected chi connectivity index (χ1v) is 11.1. The highest BCUT2D eigenvalue weighted by molar-refractivity contribution is 8.14. The molecule has 4 rings (SSSR count). The normalized spacial score (nSPS) is 14.4. The van der Waals surface area contributed by atoms with Gasteiger partial charge in [-0.1, -0.05) is 72.4 Å². The Balaban J connectivity index is 1.22. The van der Waals surface area contributed by atoms with Gasteiger partial charge in [0.15, 0.2) is 0 Å². The Morgan fingerprint density at radius 3 is 2.39 bits per heavy atom. The Kier molecular flexibility index (Phi) is 6.96. The minimum Gasteiger partial charge on any atom is -0.295 e. The lowest BCUT2D eigenvalue weighted by Crippen LogP contribution is -2.65. The maximum absolute atomic E-state index is 12.1. The molecule has 1 fully saturated rings. The molecule has 1 aliphatic rings. The van der Waals surface area contributed by atoms with Crippen LogP contribution in [0.4, 0.5) is 5.88 Å². The average molecular weight is 439 g/mol. The van der Waals surface area contributed by atoms with E-state index in [9.17, 15) is 9.59 Å². The van der Waals surface area contributed by atoms with Gasteiger partial charge in [-0.2, -0.15) is 5.01 Å². The molecule has 8 nitrogen and oxygen atoms in total. The number of benzene rings is 2. The first-order chi connectivity index (χ1) is 15.2. The Labute approximate surface area is 184 Å². The zero-order chi connectivity index (χ0) is 21.5. The Bertz CT molecular complexity index is 1000. The highest BCUT2D eigenvalue weighted by atomic mass is 32.2. The summed E-state index contributed by atoms with van der Waals surface area (Å²) in [5.41, 5.74) is 1.88. The fraction of sp³-hybridized carbons (Fsp3) is 0.273. The van der Waals surface area contributed by atoms with Crippen LogP contribution in [0.5, 0.6) is 0 Å². The minimum atomic E-state index is -0.315. The van der Waals surface area contributed by atoms with Gasteiger partial charge in [0.2, 0.25) is 16.3 Å². The summed E-state index contributed by atoms with van der Waals surface area (Å²) in [5.74, 6) is -0.0539. The quantitative estimate of drug-likeness (QED) is 0.565. The Morgan fingerprint density at radius 2 is 1.68 bits per heavy atom. The highest BCUT2D eigenvalue weighted by Crippen LogP contribution is 2.13. The van der Waals surface area contributed by atoms with Crippen molar-refractivity contribution in [3.05, 3.63) is 78.0 Å². The molecule has 0 aliphatic carbocycles. The second-order valence-electron chi connectivity index (χ2n) is 7.19. The molecule has 31 heavy (non-hydrogen) atoms. The summed E-state index contributed by atoms with van der Waals surface area (Å²) in [6, 6.07) is 19.3. The molecule has 1 N–H and O–H groups in total. The van der Waals surface area contributed by atoms with Crippen LogP contribution in [0, 0.1) is 0 Å². The number of hydrogen-bond donors (Lipinski definition) is 1. The number of carbonyl (C=O) groups is 2. The van der Waals surface area contributed by atoms with Crippen molar-refractivity contribution >= 4 is 28.7 Å². The monoisotopic (exact) mass is 438 g/mol. The second-order valence-corrected chi connectivity index (χ2v) is 8.14. The number of amides is 1. The molecule has 2 heterocycles. The van der Waals surface area contributed by atoms with Crippen LogP contribution < -0.4 is 15.1 Å². The largest absolute Gasteiger partial charge is 0.305 e. The Hall–Kier alpha value is -3.17. The fourth-order valence-corrected chi connectivity index (χ4v) is 3.97. The van der Waals surface area contributed by atoms with E-state index in [1.54, 1.807) is 35.3 Å². The molecular weight excluding hydrogens is 414 g/mol. The maximum Gasteiger partial charge on any atom is 0.305 e. The van der Waals surface area contributed by atoms with Gasteiger partial charge in [-0.3, -0.25) is 24.3 Å². The van der Waals surface area contributed by atoms with Crippen LogP contribution >= 0.6 is 11.8 Å². The van der Waals surface area contributed by atoms with E-state index >= 15 is 0 Å². The summed E-state index contributed by atoms with van der Waals surface area (Å²) in [4.78, 5) is 28.3. The van der Waals surface area contributed by atoms with Gasteiger partial charge in [0.05, 0.1) is 23.6 Å². The lowest BCUT2D eigenvalue weighted by Gasteiger charge is -2.29. The first kappa shape index (κ1) is 21.1. The molecule has 0 unspecified atom stereocenters. The number of thioether (sulfide) groups is 1. The molecule has 9 heteroatoms. The summed E-state index contributed by atoms with van der Waals surface area (Å²) in [6.07, 6.45) is 1.65. The summed E-state index contributed by atoms with van der Waals surface area (Å²) < 4.78 is 5.23. The second kappa shape index (κ2) is 10.2. The first-order valence-electron chi connectivity index (χ1n) is 10.1. The third-order valence-corrected chi connectivity index (χ3v) is 5.85. The minimum absolute atomic E-state index is 0.00654. The van der Waals surface area contributed by atoms with Crippen molar-refractivity contribution in [3.8, 4) is 0 Å². The van der Waals surface area contributed by atoms with Gasteiger partial charge in [0, 0.05) is 25.2 Å². The van der Waals surface area contributed by atoms with Crippen LogP contribution in [-0.2, 0) is 11.3 Å². The van der Waals surface area contributed by atoms with Gasteiger partial charge in [-0.15, -0.1) is 0 Å². The number of piperazine rings is 1. The Morgan fingerprint density at radius 1 is 1.00 bits per heavy atom. The van der Waals surface area contributed by atoms with Crippen LogP contribution in [0.2, 0.25) is 0 Å². The van der Waals surface area contributed by atoms with Crippen LogP contribution in [0.1, 0.15) is 15.9 Å². The van der Waals surface area contributed by atoms with E-state index in [0.717, 1.165) is 44.5 Å². The standard InChI is InChI=1S/C22H23N5O3S/c28-20(17-31-22(29)19-9-5-2-6-10-19)23-21-16-27(24-30-21)26-13-11-25(12-14-26)15-18-7-3-1-4-8-18/h1-10,16H,11-15,17H2/p+1. The third kappa shape index (κ3) is 5.93. The van der Waals surface area contributed by atoms with Crippen molar-refractivity contribution in [3.63, 3.8) is 0 Å². The molecule has 0 atom stereocenters. The molecule has 1 saturated heterocycles. The number of carbonyl (C=O) groups excluding carboxylic acids is 2. The van der Waals surface area contributed by atoms with E-state index in [-0.39, 0.29) is 22.7 Å². The number of aromatic nitrogens is 2. The smallest absolute Gasteiger partial charge is 0.295 e. The summed E-state index contributed by atoms with van der Waals surface area (Å²) in [6.45, 7) is 4.36. The van der Waals surface area contributed by atoms with Crippen LogP contribution in [-0.4, -0.2) is 53.1 Å². The molecule has 2 aromatic carbocycles. The van der Waals surface area contributed by atoms with Gasteiger partial charge in [-0.05, 0) is 5.56 Å².